The summed E-state index contributed by atoms with van der Waals surface area (Å²) >= 11 is 0. The molecule has 0 amide bonds. The maximum absolute atomic E-state index is 11.2. The fourth-order valence-electron chi connectivity index (χ4n) is 2.89. The summed E-state index contributed by atoms with van der Waals surface area (Å²) in [7, 11) is -2.87. The second kappa shape index (κ2) is 5.47. The van der Waals surface area contributed by atoms with Gasteiger partial charge in [-0.15, -0.1) is 0 Å². The smallest absolute Gasteiger partial charge is 0.148 e. The molecule has 2 fully saturated rings. The van der Waals surface area contributed by atoms with E-state index in [1.165, 1.54) is 51.6 Å². The van der Waals surface area contributed by atoms with Gasteiger partial charge in [0.15, 0.2) is 0 Å². The Balaban J connectivity index is 1.72. The molecule has 5 heteroatoms. The minimum Gasteiger partial charge on any atom is -0.313 e. The lowest BCUT2D eigenvalue weighted by Crippen LogP contribution is -2.40. The highest BCUT2D eigenvalue weighted by atomic mass is 32.2. The summed E-state index contributed by atoms with van der Waals surface area (Å²) in [4.78, 5) is 2.57. The molecule has 4 nitrogen and oxygen atoms in total. The van der Waals surface area contributed by atoms with E-state index in [9.17, 15) is 8.42 Å². The van der Waals surface area contributed by atoms with Gasteiger partial charge in [-0.25, -0.2) is 8.42 Å². The molecular formula is C13H26N2O2S. The standard InChI is InChI=1S/C13H26N2O2S/c1-12(9-18(2,16)17)14-10-13(5-6-13)11-15-7-3-4-8-15/h12,14H,3-11H2,1-2H3/t12-/m1/s1. The molecule has 1 saturated carbocycles. The zero-order chi connectivity index (χ0) is 13.2. The molecule has 0 aromatic carbocycles. The molecule has 1 heterocycles. The van der Waals surface area contributed by atoms with Gasteiger partial charge in [-0.3, -0.25) is 0 Å². The molecule has 1 atom stereocenters. The number of nitrogens with one attached hydrogen (secondary N) is 1. The molecule has 0 radical (unpaired) electrons. The first-order chi connectivity index (χ1) is 8.39. The van der Waals surface area contributed by atoms with Crippen molar-refractivity contribution in [2.75, 3.05) is 38.2 Å². The maximum atomic E-state index is 11.2. The van der Waals surface area contributed by atoms with Crippen molar-refractivity contribution in [1.82, 2.24) is 10.2 Å². The van der Waals surface area contributed by atoms with Crippen LogP contribution in [-0.2, 0) is 9.84 Å². The summed E-state index contributed by atoms with van der Waals surface area (Å²) in [5.41, 5.74) is 0.441. The van der Waals surface area contributed by atoms with E-state index in [2.05, 4.69) is 10.2 Å². The van der Waals surface area contributed by atoms with Crippen LogP contribution in [-0.4, -0.2) is 57.5 Å². The Kier molecular flexibility index (Phi) is 4.34. The molecule has 0 unspecified atom stereocenters. The Labute approximate surface area is 111 Å². The van der Waals surface area contributed by atoms with Crippen LogP contribution in [0.25, 0.3) is 0 Å². The fraction of sp³-hybridized carbons (Fsp3) is 1.00. The van der Waals surface area contributed by atoms with Gasteiger partial charge < -0.3 is 10.2 Å². The molecule has 106 valence electrons. The third-order valence-corrected chi connectivity index (χ3v) is 5.20. The predicted molar refractivity (Wildman–Crippen MR) is 74.5 cm³/mol. The summed E-state index contributed by atoms with van der Waals surface area (Å²) in [5, 5.41) is 3.41. The van der Waals surface area contributed by atoms with Crippen LogP contribution < -0.4 is 5.32 Å². The van der Waals surface area contributed by atoms with Crippen LogP contribution in [0, 0.1) is 5.41 Å². The van der Waals surface area contributed by atoms with Gasteiger partial charge >= 0.3 is 0 Å². The van der Waals surface area contributed by atoms with E-state index in [0.717, 1.165) is 6.54 Å². The molecular weight excluding hydrogens is 248 g/mol. The zero-order valence-corrected chi connectivity index (χ0v) is 12.4. The summed E-state index contributed by atoms with van der Waals surface area (Å²) < 4.78 is 22.4. The van der Waals surface area contributed by atoms with Gasteiger partial charge in [-0.2, -0.15) is 0 Å². The minimum atomic E-state index is -2.87. The van der Waals surface area contributed by atoms with E-state index >= 15 is 0 Å². The number of rotatable bonds is 7. The molecule has 1 aliphatic carbocycles. The Morgan fingerprint density at radius 3 is 2.39 bits per heavy atom. The molecule has 0 aromatic heterocycles. The molecule has 0 aromatic rings. The van der Waals surface area contributed by atoms with Crippen molar-refractivity contribution in [1.29, 1.82) is 0 Å². The first-order valence-electron chi connectivity index (χ1n) is 7.02. The average Bonchev–Trinajstić information content (AvgIpc) is 2.79. The van der Waals surface area contributed by atoms with Crippen molar-refractivity contribution < 1.29 is 8.42 Å². The van der Waals surface area contributed by atoms with E-state index in [4.69, 9.17) is 0 Å². The van der Waals surface area contributed by atoms with E-state index < -0.39 is 9.84 Å². The van der Waals surface area contributed by atoms with Gasteiger partial charge in [0.05, 0.1) is 5.75 Å². The normalized spacial score (nSPS) is 25.2. The van der Waals surface area contributed by atoms with Crippen molar-refractivity contribution in [3.8, 4) is 0 Å². The number of hydrogen-bond acceptors (Lipinski definition) is 4. The monoisotopic (exact) mass is 274 g/mol. The lowest BCUT2D eigenvalue weighted by molar-refractivity contribution is 0.254. The molecule has 18 heavy (non-hydrogen) atoms. The lowest BCUT2D eigenvalue weighted by atomic mass is 10.1. The number of sulfone groups is 1. The Bertz CT molecular complexity index is 370. The van der Waals surface area contributed by atoms with E-state index in [-0.39, 0.29) is 11.8 Å². The summed E-state index contributed by atoms with van der Waals surface area (Å²) in [5.74, 6) is 0.243. The third kappa shape index (κ3) is 4.52. The number of nitrogens with zero attached hydrogens (tertiary/aromatic N) is 1. The maximum Gasteiger partial charge on any atom is 0.148 e. The van der Waals surface area contributed by atoms with Crippen LogP contribution >= 0.6 is 0 Å². The van der Waals surface area contributed by atoms with Gasteiger partial charge in [-0.05, 0) is 51.1 Å². The summed E-state index contributed by atoms with van der Waals surface area (Å²) in [6, 6.07) is 0.0658. The lowest BCUT2D eigenvalue weighted by Gasteiger charge is -2.25. The Morgan fingerprint density at radius 1 is 1.28 bits per heavy atom. The van der Waals surface area contributed by atoms with E-state index in [0.29, 0.717) is 5.41 Å². The minimum absolute atomic E-state index is 0.0658. The highest BCUT2D eigenvalue weighted by Gasteiger charge is 2.43. The first kappa shape index (κ1) is 14.3. The predicted octanol–water partition coefficient (Wildman–Crippen LogP) is 0.885. The van der Waals surface area contributed by atoms with Crippen LogP contribution in [0.15, 0.2) is 0 Å². The number of likely N-dealkylation sites (tertiary alicyclic amines) is 1. The van der Waals surface area contributed by atoms with E-state index in [1.807, 2.05) is 6.92 Å². The Hall–Kier alpha value is -0.130. The van der Waals surface area contributed by atoms with Gasteiger partial charge in [0.1, 0.15) is 9.84 Å². The first-order valence-corrected chi connectivity index (χ1v) is 9.08. The summed E-state index contributed by atoms with van der Waals surface area (Å²) in [6.45, 7) is 6.64. The molecule has 1 saturated heterocycles. The van der Waals surface area contributed by atoms with Gasteiger partial charge in [0.2, 0.25) is 0 Å². The molecule has 2 aliphatic rings. The van der Waals surface area contributed by atoms with Crippen LogP contribution in [0.1, 0.15) is 32.6 Å². The molecule has 1 aliphatic heterocycles. The van der Waals surface area contributed by atoms with Gasteiger partial charge in [0, 0.05) is 25.4 Å². The topological polar surface area (TPSA) is 49.4 Å². The molecule has 0 bridgehead atoms. The highest BCUT2D eigenvalue weighted by Crippen LogP contribution is 2.46. The second-order valence-electron chi connectivity index (χ2n) is 6.36. The quantitative estimate of drug-likeness (QED) is 0.749. The zero-order valence-electron chi connectivity index (χ0n) is 11.6. The van der Waals surface area contributed by atoms with Crippen molar-refractivity contribution in [3.63, 3.8) is 0 Å². The SMILES string of the molecule is C[C@H](CS(C)(=O)=O)NCC1(CN2CCCC2)CC1. The fourth-order valence-corrected chi connectivity index (χ4v) is 3.91. The average molecular weight is 274 g/mol. The third-order valence-electron chi connectivity index (χ3n) is 4.09. The highest BCUT2D eigenvalue weighted by molar-refractivity contribution is 7.90. The van der Waals surface area contributed by atoms with Crippen molar-refractivity contribution in [3.05, 3.63) is 0 Å². The van der Waals surface area contributed by atoms with Crippen molar-refractivity contribution >= 4 is 9.84 Å². The number of hydrogen-bond donors (Lipinski definition) is 1. The second-order valence-corrected chi connectivity index (χ2v) is 8.54. The molecule has 0 spiro atoms. The Morgan fingerprint density at radius 2 is 1.89 bits per heavy atom. The van der Waals surface area contributed by atoms with Crippen LogP contribution in [0.5, 0.6) is 0 Å². The van der Waals surface area contributed by atoms with E-state index in [1.54, 1.807) is 0 Å². The largest absolute Gasteiger partial charge is 0.313 e. The van der Waals surface area contributed by atoms with Crippen LogP contribution in [0.3, 0.4) is 0 Å². The summed E-state index contributed by atoms with van der Waals surface area (Å²) in [6.07, 6.45) is 6.58. The molecule has 2 rings (SSSR count). The molecule has 1 N–H and O–H groups in total. The van der Waals surface area contributed by atoms with Gasteiger partial charge in [0.25, 0.3) is 0 Å². The van der Waals surface area contributed by atoms with Crippen molar-refractivity contribution in [2.45, 2.75) is 38.6 Å². The van der Waals surface area contributed by atoms with Crippen molar-refractivity contribution in [2.24, 2.45) is 5.41 Å². The van der Waals surface area contributed by atoms with Crippen LogP contribution in [0.2, 0.25) is 0 Å². The van der Waals surface area contributed by atoms with Crippen LogP contribution in [0.4, 0.5) is 0 Å². The van der Waals surface area contributed by atoms with Gasteiger partial charge in [-0.1, -0.05) is 0 Å².